The van der Waals surface area contributed by atoms with Gasteiger partial charge in [-0.25, -0.2) is 4.68 Å². The molecule has 22 heavy (non-hydrogen) atoms. The Morgan fingerprint density at radius 3 is 2.45 bits per heavy atom. The quantitative estimate of drug-likeness (QED) is 0.851. The normalized spacial score (nSPS) is 18.5. The highest BCUT2D eigenvalue weighted by Gasteiger charge is 2.31. The van der Waals surface area contributed by atoms with Gasteiger partial charge in [0.1, 0.15) is 5.52 Å². The molecule has 120 valence electrons. The van der Waals surface area contributed by atoms with Crippen LogP contribution in [0.3, 0.4) is 0 Å². The van der Waals surface area contributed by atoms with Crippen LogP contribution in [-0.4, -0.2) is 39.0 Å². The molecule has 1 aromatic heterocycles. The molecule has 1 aromatic carbocycles. The van der Waals surface area contributed by atoms with Crippen molar-refractivity contribution in [2.24, 2.45) is 0 Å². The highest BCUT2D eigenvalue weighted by molar-refractivity contribution is 5.75. The summed E-state index contributed by atoms with van der Waals surface area (Å²) in [5.74, 6) is 0. The van der Waals surface area contributed by atoms with Gasteiger partial charge in [-0.05, 0) is 44.9 Å². The summed E-state index contributed by atoms with van der Waals surface area (Å²) in [6.07, 6.45) is -2.46. The lowest BCUT2D eigenvalue weighted by Crippen LogP contribution is -2.39. The Kier molecular flexibility index (Phi) is 3.84. The van der Waals surface area contributed by atoms with E-state index in [4.69, 9.17) is 0 Å². The lowest BCUT2D eigenvalue weighted by atomic mass is 10.0. The second-order valence-corrected chi connectivity index (χ2v) is 6.10. The second kappa shape index (κ2) is 5.53. The first-order valence-electron chi connectivity index (χ1n) is 7.52. The van der Waals surface area contributed by atoms with Crippen molar-refractivity contribution < 1.29 is 13.2 Å². The zero-order valence-electron chi connectivity index (χ0n) is 12.6. The number of benzene rings is 1. The SMILES string of the molecule is CC(C)N1CCC(n2nnc3cc(C(F)(F)F)ccc32)CC1. The standard InChI is InChI=1S/C15H19F3N4/c1-10(2)21-7-5-12(6-8-21)22-14-4-3-11(15(16,17)18)9-13(14)19-20-22/h3-4,9-10,12H,5-8H2,1-2H3. The maximum Gasteiger partial charge on any atom is 0.416 e. The summed E-state index contributed by atoms with van der Waals surface area (Å²) in [6.45, 7) is 6.29. The molecule has 0 bridgehead atoms. The molecular formula is C15H19F3N4. The Bertz CT molecular complexity index is 654. The summed E-state index contributed by atoms with van der Waals surface area (Å²) in [4.78, 5) is 2.40. The minimum absolute atomic E-state index is 0.205. The van der Waals surface area contributed by atoms with Crippen molar-refractivity contribution >= 4 is 11.0 Å². The third-order valence-electron chi connectivity index (χ3n) is 4.37. The van der Waals surface area contributed by atoms with Crippen molar-refractivity contribution in [2.45, 2.75) is 44.9 Å². The molecule has 0 atom stereocenters. The molecule has 0 amide bonds. The molecule has 0 aliphatic carbocycles. The van der Waals surface area contributed by atoms with E-state index in [0.717, 1.165) is 38.1 Å². The lowest BCUT2D eigenvalue weighted by molar-refractivity contribution is -0.137. The van der Waals surface area contributed by atoms with Gasteiger partial charge < -0.3 is 4.90 Å². The van der Waals surface area contributed by atoms with E-state index >= 15 is 0 Å². The van der Waals surface area contributed by atoms with Crippen LogP contribution in [0.15, 0.2) is 18.2 Å². The summed E-state index contributed by atoms with van der Waals surface area (Å²) in [7, 11) is 0. The molecule has 0 unspecified atom stereocenters. The number of rotatable bonds is 2. The van der Waals surface area contributed by atoms with E-state index in [2.05, 4.69) is 29.1 Å². The molecule has 0 radical (unpaired) electrons. The zero-order valence-corrected chi connectivity index (χ0v) is 12.6. The summed E-state index contributed by atoms with van der Waals surface area (Å²) >= 11 is 0. The number of hydrogen-bond donors (Lipinski definition) is 0. The van der Waals surface area contributed by atoms with E-state index in [-0.39, 0.29) is 6.04 Å². The number of aromatic nitrogens is 3. The Labute approximate surface area is 126 Å². The number of piperidine rings is 1. The van der Waals surface area contributed by atoms with Crippen LogP contribution in [0, 0.1) is 0 Å². The maximum absolute atomic E-state index is 12.7. The molecular weight excluding hydrogens is 293 g/mol. The lowest BCUT2D eigenvalue weighted by Gasteiger charge is -2.34. The Morgan fingerprint density at radius 2 is 1.86 bits per heavy atom. The van der Waals surface area contributed by atoms with Gasteiger partial charge in [0.25, 0.3) is 0 Å². The molecule has 0 saturated carbocycles. The van der Waals surface area contributed by atoms with Crippen molar-refractivity contribution in [2.75, 3.05) is 13.1 Å². The third kappa shape index (κ3) is 2.82. The average molecular weight is 312 g/mol. The van der Waals surface area contributed by atoms with Crippen LogP contribution in [0.25, 0.3) is 11.0 Å². The highest BCUT2D eigenvalue weighted by Crippen LogP contribution is 2.32. The second-order valence-electron chi connectivity index (χ2n) is 6.10. The summed E-state index contributed by atoms with van der Waals surface area (Å²) in [6, 6.07) is 4.38. The molecule has 1 aliphatic rings. The Balaban J connectivity index is 1.84. The van der Waals surface area contributed by atoms with Gasteiger partial charge in [0.15, 0.2) is 0 Å². The predicted molar refractivity (Wildman–Crippen MR) is 77.5 cm³/mol. The van der Waals surface area contributed by atoms with Crippen molar-refractivity contribution in [3.8, 4) is 0 Å². The van der Waals surface area contributed by atoms with Crippen LogP contribution in [0.4, 0.5) is 13.2 Å². The van der Waals surface area contributed by atoms with Crippen molar-refractivity contribution in [1.82, 2.24) is 19.9 Å². The van der Waals surface area contributed by atoms with Gasteiger partial charge in [0.05, 0.1) is 17.1 Å². The van der Waals surface area contributed by atoms with Crippen LogP contribution < -0.4 is 0 Å². The number of likely N-dealkylation sites (tertiary alicyclic amines) is 1. The zero-order chi connectivity index (χ0) is 15.9. The topological polar surface area (TPSA) is 34.0 Å². The van der Waals surface area contributed by atoms with E-state index in [0.29, 0.717) is 17.1 Å². The summed E-state index contributed by atoms with van der Waals surface area (Å²) < 4.78 is 40.0. The number of alkyl halides is 3. The van der Waals surface area contributed by atoms with Crippen LogP contribution in [-0.2, 0) is 6.18 Å². The molecule has 4 nitrogen and oxygen atoms in total. The molecule has 2 aromatic rings. The van der Waals surface area contributed by atoms with Gasteiger partial charge in [-0.1, -0.05) is 5.21 Å². The van der Waals surface area contributed by atoms with E-state index in [1.165, 1.54) is 6.07 Å². The molecule has 3 rings (SSSR count). The minimum atomic E-state index is -4.35. The number of hydrogen-bond acceptors (Lipinski definition) is 3. The molecule has 1 aliphatic heterocycles. The smallest absolute Gasteiger partial charge is 0.301 e. The van der Waals surface area contributed by atoms with Crippen molar-refractivity contribution in [3.05, 3.63) is 23.8 Å². The number of halogens is 3. The van der Waals surface area contributed by atoms with Crippen molar-refractivity contribution in [3.63, 3.8) is 0 Å². The van der Waals surface area contributed by atoms with Crippen LogP contribution in [0.2, 0.25) is 0 Å². The van der Waals surface area contributed by atoms with E-state index in [9.17, 15) is 13.2 Å². The molecule has 0 N–H and O–H groups in total. The Morgan fingerprint density at radius 1 is 1.18 bits per heavy atom. The van der Waals surface area contributed by atoms with Gasteiger partial charge in [-0.3, -0.25) is 0 Å². The monoisotopic (exact) mass is 312 g/mol. The first-order chi connectivity index (χ1) is 10.4. The first kappa shape index (κ1) is 15.3. The van der Waals surface area contributed by atoms with E-state index in [1.807, 2.05) is 0 Å². The van der Waals surface area contributed by atoms with E-state index < -0.39 is 11.7 Å². The van der Waals surface area contributed by atoms with Crippen LogP contribution in [0.1, 0.15) is 38.3 Å². The maximum atomic E-state index is 12.7. The third-order valence-corrected chi connectivity index (χ3v) is 4.37. The van der Waals surface area contributed by atoms with E-state index in [1.54, 1.807) is 4.68 Å². The van der Waals surface area contributed by atoms with Gasteiger partial charge in [-0.2, -0.15) is 13.2 Å². The minimum Gasteiger partial charge on any atom is -0.301 e. The highest BCUT2D eigenvalue weighted by atomic mass is 19.4. The molecule has 7 heteroatoms. The molecule has 2 heterocycles. The number of nitrogens with zero attached hydrogens (tertiary/aromatic N) is 4. The van der Waals surface area contributed by atoms with Crippen molar-refractivity contribution in [1.29, 1.82) is 0 Å². The van der Waals surface area contributed by atoms with Crippen LogP contribution in [0.5, 0.6) is 0 Å². The largest absolute Gasteiger partial charge is 0.416 e. The molecule has 1 fully saturated rings. The fourth-order valence-corrected chi connectivity index (χ4v) is 3.03. The van der Waals surface area contributed by atoms with Gasteiger partial charge in [0.2, 0.25) is 0 Å². The molecule has 1 saturated heterocycles. The van der Waals surface area contributed by atoms with Gasteiger partial charge in [0, 0.05) is 19.1 Å². The summed E-state index contributed by atoms with van der Waals surface area (Å²) in [5, 5.41) is 8.01. The summed E-state index contributed by atoms with van der Waals surface area (Å²) in [5.41, 5.74) is 0.304. The fourth-order valence-electron chi connectivity index (χ4n) is 3.03. The fraction of sp³-hybridized carbons (Fsp3) is 0.600. The Hall–Kier alpha value is -1.63. The first-order valence-corrected chi connectivity index (χ1v) is 7.52. The molecule has 0 spiro atoms. The average Bonchev–Trinajstić information content (AvgIpc) is 2.89. The van der Waals surface area contributed by atoms with Gasteiger partial charge >= 0.3 is 6.18 Å². The van der Waals surface area contributed by atoms with Crippen LogP contribution >= 0.6 is 0 Å². The van der Waals surface area contributed by atoms with Gasteiger partial charge in [-0.15, -0.1) is 5.10 Å². The predicted octanol–water partition coefficient (Wildman–Crippen LogP) is 3.50. The number of fused-ring (bicyclic) bond motifs is 1.